The molecular weight excluding hydrogens is 264 g/mol. The van der Waals surface area contributed by atoms with E-state index in [4.69, 9.17) is 14.6 Å². The molecule has 1 N–H and O–H groups in total. The van der Waals surface area contributed by atoms with Crippen LogP contribution in [0.2, 0.25) is 0 Å². The van der Waals surface area contributed by atoms with Gasteiger partial charge in [-0.2, -0.15) is 0 Å². The monoisotopic (exact) mass is 286 g/mol. The molecule has 114 valence electrons. The first-order valence-electron chi connectivity index (χ1n) is 6.66. The van der Waals surface area contributed by atoms with Gasteiger partial charge in [-0.15, -0.1) is 0 Å². The van der Waals surface area contributed by atoms with Gasteiger partial charge in [0.15, 0.2) is 0 Å². The average molecular weight is 286 g/mol. The highest BCUT2D eigenvalue weighted by Gasteiger charge is 2.08. The van der Waals surface area contributed by atoms with Crippen molar-refractivity contribution in [2.24, 2.45) is 0 Å². The lowest BCUT2D eigenvalue weighted by atomic mass is 10.2. The van der Waals surface area contributed by atoms with E-state index in [1.165, 1.54) is 0 Å². The van der Waals surface area contributed by atoms with Gasteiger partial charge in [-0.25, -0.2) is 4.79 Å². The number of carbonyl (C=O) groups is 3. The van der Waals surface area contributed by atoms with Crippen LogP contribution in [0.15, 0.2) is 12.7 Å². The van der Waals surface area contributed by atoms with Gasteiger partial charge in [-0.3, -0.25) is 9.59 Å². The van der Waals surface area contributed by atoms with Crippen molar-refractivity contribution in [2.75, 3.05) is 6.61 Å². The zero-order chi connectivity index (χ0) is 15.4. The van der Waals surface area contributed by atoms with Crippen molar-refractivity contribution in [1.29, 1.82) is 0 Å². The number of ether oxygens (including phenoxy) is 2. The van der Waals surface area contributed by atoms with Crippen molar-refractivity contribution < 1.29 is 29.0 Å². The van der Waals surface area contributed by atoms with E-state index >= 15 is 0 Å². The maximum absolute atomic E-state index is 11.3. The Morgan fingerprint density at radius 2 is 1.85 bits per heavy atom. The van der Waals surface area contributed by atoms with Gasteiger partial charge in [-0.05, 0) is 32.6 Å². The largest absolute Gasteiger partial charge is 0.481 e. The van der Waals surface area contributed by atoms with E-state index in [1.807, 2.05) is 0 Å². The number of hydrogen-bond acceptors (Lipinski definition) is 5. The number of hydrogen-bond donors (Lipinski definition) is 1. The summed E-state index contributed by atoms with van der Waals surface area (Å²) in [7, 11) is 0. The Hall–Kier alpha value is -1.85. The molecule has 0 radical (unpaired) electrons. The summed E-state index contributed by atoms with van der Waals surface area (Å²) in [6.45, 7) is 5.33. The molecule has 0 bridgehead atoms. The van der Waals surface area contributed by atoms with Crippen LogP contribution >= 0.6 is 0 Å². The molecule has 0 aromatic carbocycles. The predicted octanol–water partition coefficient (Wildman–Crippen LogP) is 2.07. The fraction of sp³-hybridized carbons (Fsp3) is 0.643. The molecule has 6 heteroatoms. The van der Waals surface area contributed by atoms with Crippen LogP contribution in [0.1, 0.15) is 45.4 Å². The number of esters is 2. The minimum absolute atomic E-state index is 0.0689. The second-order valence-corrected chi connectivity index (χ2v) is 4.42. The summed E-state index contributed by atoms with van der Waals surface area (Å²) in [6, 6.07) is 0. The molecule has 0 aromatic heterocycles. The Morgan fingerprint density at radius 3 is 2.45 bits per heavy atom. The van der Waals surface area contributed by atoms with Crippen LogP contribution in [-0.2, 0) is 23.9 Å². The van der Waals surface area contributed by atoms with E-state index in [-0.39, 0.29) is 31.5 Å². The Bertz CT molecular complexity index is 337. The van der Waals surface area contributed by atoms with E-state index in [9.17, 15) is 14.4 Å². The third-order valence-electron chi connectivity index (χ3n) is 2.52. The minimum atomic E-state index is -0.860. The third kappa shape index (κ3) is 11.3. The second kappa shape index (κ2) is 11.0. The zero-order valence-corrected chi connectivity index (χ0v) is 11.8. The van der Waals surface area contributed by atoms with Crippen molar-refractivity contribution in [2.45, 2.75) is 51.6 Å². The summed E-state index contributed by atoms with van der Waals surface area (Å²) < 4.78 is 9.94. The molecular formula is C14H22O6. The molecule has 0 heterocycles. The molecule has 0 aliphatic heterocycles. The molecule has 20 heavy (non-hydrogen) atoms. The number of unbranched alkanes of at least 4 members (excludes halogenated alkanes) is 1. The maximum atomic E-state index is 11.3. The zero-order valence-electron chi connectivity index (χ0n) is 11.8. The van der Waals surface area contributed by atoms with Crippen LogP contribution in [-0.4, -0.2) is 35.7 Å². The molecule has 6 nitrogen and oxygen atoms in total. The van der Waals surface area contributed by atoms with Crippen molar-refractivity contribution in [3.05, 3.63) is 12.7 Å². The van der Waals surface area contributed by atoms with Gasteiger partial charge in [0.1, 0.15) is 0 Å². The highest BCUT2D eigenvalue weighted by atomic mass is 16.5. The highest BCUT2D eigenvalue weighted by Crippen LogP contribution is 2.05. The van der Waals surface area contributed by atoms with Gasteiger partial charge in [0.25, 0.3) is 0 Å². The highest BCUT2D eigenvalue weighted by molar-refractivity contribution is 5.81. The number of carboxylic acids is 1. The van der Waals surface area contributed by atoms with Crippen LogP contribution < -0.4 is 0 Å². The van der Waals surface area contributed by atoms with Crippen molar-refractivity contribution in [3.63, 3.8) is 0 Å². The summed E-state index contributed by atoms with van der Waals surface area (Å²) in [4.78, 5) is 32.4. The molecule has 0 saturated carbocycles. The topological polar surface area (TPSA) is 89.9 Å². The van der Waals surface area contributed by atoms with Crippen molar-refractivity contribution in [3.8, 4) is 0 Å². The lowest BCUT2D eigenvalue weighted by molar-refractivity contribution is -0.146. The summed E-state index contributed by atoms with van der Waals surface area (Å²) in [5.41, 5.74) is 0. The molecule has 0 spiro atoms. The maximum Gasteiger partial charge on any atom is 0.330 e. The van der Waals surface area contributed by atoms with Gasteiger partial charge in [0.05, 0.1) is 12.7 Å². The first-order valence-corrected chi connectivity index (χ1v) is 6.66. The molecule has 1 unspecified atom stereocenters. The Labute approximate surface area is 118 Å². The molecule has 0 fully saturated rings. The number of carbonyl (C=O) groups excluding carboxylic acids is 2. The molecule has 0 aromatic rings. The van der Waals surface area contributed by atoms with Crippen LogP contribution in [0.4, 0.5) is 0 Å². The Kier molecular flexibility index (Phi) is 10.00. The SMILES string of the molecule is C=CC(=O)OC(C)CCCOC(=O)CCCCC(=O)O. The van der Waals surface area contributed by atoms with Crippen molar-refractivity contribution >= 4 is 17.9 Å². The van der Waals surface area contributed by atoms with Gasteiger partial charge >= 0.3 is 17.9 Å². The number of carboxylic acid groups (broad SMARTS) is 1. The molecule has 1 atom stereocenters. The Balaban J connectivity index is 3.49. The average Bonchev–Trinajstić information content (AvgIpc) is 2.39. The van der Waals surface area contributed by atoms with Crippen LogP contribution in [0.3, 0.4) is 0 Å². The lowest BCUT2D eigenvalue weighted by Crippen LogP contribution is -2.14. The van der Waals surface area contributed by atoms with Crippen molar-refractivity contribution in [1.82, 2.24) is 0 Å². The smallest absolute Gasteiger partial charge is 0.330 e. The molecule has 0 amide bonds. The fourth-order valence-corrected chi connectivity index (χ4v) is 1.48. The summed E-state index contributed by atoms with van der Waals surface area (Å²) >= 11 is 0. The number of aliphatic carboxylic acids is 1. The van der Waals surface area contributed by atoms with E-state index < -0.39 is 11.9 Å². The fourth-order valence-electron chi connectivity index (χ4n) is 1.48. The quantitative estimate of drug-likeness (QED) is 0.355. The summed E-state index contributed by atoms with van der Waals surface area (Å²) in [6.07, 6.45) is 3.35. The van der Waals surface area contributed by atoms with Gasteiger partial charge < -0.3 is 14.6 Å². The van der Waals surface area contributed by atoms with Crippen LogP contribution in [0, 0.1) is 0 Å². The normalized spacial score (nSPS) is 11.4. The summed E-state index contributed by atoms with van der Waals surface area (Å²) in [5.74, 6) is -1.65. The van der Waals surface area contributed by atoms with E-state index in [0.717, 1.165) is 6.08 Å². The molecule has 0 aliphatic rings. The van der Waals surface area contributed by atoms with Gasteiger partial charge in [-0.1, -0.05) is 6.58 Å². The number of rotatable bonds is 11. The standard InChI is InChI=1S/C14H22O6/c1-3-13(17)20-11(2)7-6-10-19-14(18)9-5-4-8-12(15)16/h3,11H,1,4-10H2,2H3,(H,15,16). The van der Waals surface area contributed by atoms with Gasteiger partial charge in [0, 0.05) is 18.9 Å². The Morgan fingerprint density at radius 1 is 1.20 bits per heavy atom. The minimum Gasteiger partial charge on any atom is -0.481 e. The van der Waals surface area contributed by atoms with Gasteiger partial charge in [0.2, 0.25) is 0 Å². The molecule has 0 aliphatic carbocycles. The molecule has 0 rings (SSSR count). The third-order valence-corrected chi connectivity index (χ3v) is 2.52. The lowest BCUT2D eigenvalue weighted by Gasteiger charge is -2.11. The van der Waals surface area contributed by atoms with E-state index in [1.54, 1.807) is 6.92 Å². The molecule has 0 saturated heterocycles. The first kappa shape index (κ1) is 18.1. The van der Waals surface area contributed by atoms with E-state index in [2.05, 4.69) is 6.58 Å². The predicted molar refractivity (Wildman–Crippen MR) is 72.0 cm³/mol. The van der Waals surface area contributed by atoms with Crippen LogP contribution in [0.25, 0.3) is 0 Å². The summed E-state index contributed by atoms with van der Waals surface area (Å²) in [5, 5.41) is 8.43. The first-order chi connectivity index (χ1) is 9.45. The second-order valence-electron chi connectivity index (χ2n) is 4.42. The van der Waals surface area contributed by atoms with E-state index in [0.29, 0.717) is 25.7 Å². The van der Waals surface area contributed by atoms with Crippen LogP contribution in [0.5, 0.6) is 0 Å².